The zero-order valence-corrected chi connectivity index (χ0v) is 13.9. The molecule has 3 rings (SSSR count). The van der Waals surface area contributed by atoms with Gasteiger partial charge in [-0.1, -0.05) is 35.5 Å². The summed E-state index contributed by atoms with van der Waals surface area (Å²) in [7, 11) is 0. The molecule has 0 amide bonds. The predicted molar refractivity (Wildman–Crippen MR) is 88.8 cm³/mol. The molecule has 0 N–H and O–H groups in total. The monoisotopic (exact) mass is 372 g/mol. The van der Waals surface area contributed by atoms with Gasteiger partial charge in [0.1, 0.15) is 4.60 Å². The number of pyridine rings is 1. The van der Waals surface area contributed by atoms with Crippen molar-refractivity contribution in [3.63, 3.8) is 0 Å². The molecule has 0 bridgehead atoms. The third-order valence-corrected chi connectivity index (χ3v) is 3.65. The second-order valence-corrected chi connectivity index (χ2v) is 5.50. The Morgan fingerprint density at radius 3 is 2.70 bits per heavy atom. The van der Waals surface area contributed by atoms with E-state index in [1.54, 1.807) is 19.2 Å². The van der Waals surface area contributed by atoms with Crippen molar-refractivity contribution < 1.29 is 14.1 Å². The Balaban J connectivity index is 2.20. The minimum atomic E-state index is -0.513. The highest BCUT2D eigenvalue weighted by Crippen LogP contribution is 2.36. The highest BCUT2D eigenvalue weighted by atomic mass is 79.9. The maximum Gasteiger partial charge on any atom is 0.361 e. The molecule has 2 aromatic heterocycles. The minimum Gasteiger partial charge on any atom is -0.461 e. The first-order valence-electron chi connectivity index (χ1n) is 7.05. The summed E-state index contributed by atoms with van der Waals surface area (Å²) in [5, 5.41) is 3.93. The fourth-order valence-corrected chi connectivity index (χ4v) is 2.61. The maximum absolute atomic E-state index is 12.2. The highest BCUT2D eigenvalue weighted by molar-refractivity contribution is 9.10. The Kier molecular flexibility index (Phi) is 4.52. The topological polar surface area (TPSA) is 65.2 Å². The number of carbonyl (C=O) groups excluding carboxylic acids is 1. The van der Waals surface area contributed by atoms with Gasteiger partial charge in [-0.15, -0.1) is 0 Å². The van der Waals surface area contributed by atoms with Crippen LogP contribution in [0.4, 0.5) is 0 Å². The Morgan fingerprint density at radius 2 is 2.00 bits per heavy atom. The van der Waals surface area contributed by atoms with Gasteiger partial charge in [-0.25, -0.2) is 9.78 Å². The molecule has 0 aliphatic carbocycles. The first-order chi connectivity index (χ1) is 11.2. The van der Waals surface area contributed by atoms with Gasteiger partial charge in [0.05, 0.1) is 12.2 Å². The van der Waals surface area contributed by atoms with Crippen LogP contribution >= 0.6 is 15.9 Å². The van der Waals surface area contributed by atoms with Gasteiger partial charge >= 0.3 is 5.97 Å². The summed E-state index contributed by atoms with van der Waals surface area (Å²) in [5.74, 6) is 0.00752. The fourth-order valence-electron chi connectivity index (χ4n) is 2.24. The van der Waals surface area contributed by atoms with Crippen LogP contribution in [-0.4, -0.2) is 22.7 Å². The normalized spacial score (nSPS) is 10.5. The number of aromatic nitrogens is 2. The molecule has 116 valence electrons. The van der Waals surface area contributed by atoms with Gasteiger partial charge in [-0.2, -0.15) is 0 Å². The fraction of sp³-hybridized carbons (Fsp3) is 0.118. The average molecular weight is 373 g/mol. The average Bonchev–Trinajstić information content (AvgIpc) is 3.01. The standard InChI is InChI=1S/C17H13BrN2O3/c1-2-22-17(21)15-14(12-8-9-19-13(18)10-12)16(23-20-15)11-6-4-3-5-7-11/h3-10H,2H2,1H3. The number of nitrogens with zero attached hydrogens (tertiary/aromatic N) is 2. The third kappa shape index (κ3) is 3.17. The van der Waals surface area contributed by atoms with Crippen molar-refractivity contribution in [1.82, 2.24) is 10.1 Å². The van der Waals surface area contributed by atoms with E-state index >= 15 is 0 Å². The number of esters is 1. The first kappa shape index (κ1) is 15.4. The number of carbonyl (C=O) groups is 1. The van der Waals surface area contributed by atoms with Crippen LogP contribution in [0.1, 0.15) is 17.4 Å². The van der Waals surface area contributed by atoms with Crippen molar-refractivity contribution in [2.24, 2.45) is 0 Å². The van der Waals surface area contributed by atoms with Crippen LogP contribution in [-0.2, 0) is 4.74 Å². The van der Waals surface area contributed by atoms with Crippen LogP contribution in [0.5, 0.6) is 0 Å². The van der Waals surface area contributed by atoms with Crippen molar-refractivity contribution in [2.75, 3.05) is 6.61 Å². The molecule has 1 aromatic carbocycles. The minimum absolute atomic E-state index is 0.156. The van der Waals surface area contributed by atoms with Gasteiger partial charge in [0.2, 0.25) is 0 Å². The zero-order valence-electron chi connectivity index (χ0n) is 12.3. The van der Waals surface area contributed by atoms with Gasteiger partial charge in [-0.3, -0.25) is 0 Å². The Hall–Kier alpha value is -2.47. The van der Waals surface area contributed by atoms with E-state index in [1.807, 2.05) is 36.4 Å². The molecule has 0 saturated carbocycles. The zero-order chi connectivity index (χ0) is 16.2. The predicted octanol–water partition coefficient (Wildman–Crippen LogP) is 4.34. The lowest BCUT2D eigenvalue weighted by Crippen LogP contribution is -2.06. The van der Waals surface area contributed by atoms with E-state index in [2.05, 4.69) is 26.1 Å². The van der Waals surface area contributed by atoms with E-state index in [9.17, 15) is 4.79 Å². The molecular formula is C17H13BrN2O3. The van der Waals surface area contributed by atoms with Crippen LogP contribution in [0, 0.1) is 0 Å². The smallest absolute Gasteiger partial charge is 0.361 e. The lowest BCUT2D eigenvalue weighted by atomic mass is 10.0. The SMILES string of the molecule is CCOC(=O)c1noc(-c2ccccc2)c1-c1ccnc(Br)c1. The highest BCUT2D eigenvalue weighted by Gasteiger charge is 2.25. The molecular weight excluding hydrogens is 360 g/mol. The van der Waals surface area contributed by atoms with Gasteiger partial charge < -0.3 is 9.26 Å². The van der Waals surface area contributed by atoms with Crippen molar-refractivity contribution in [2.45, 2.75) is 6.92 Å². The number of ether oxygens (including phenoxy) is 1. The van der Waals surface area contributed by atoms with Crippen molar-refractivity contribution >= 4 is 21.9 Å². The molecule has 0 radical (unpaired) electrons. The summed E-state index contributed by atoms with van der Waals surface area (Å²) < 4.78 is 11.2. The van der Waals surface area contributed by atoms with Crippen molar-refractivity contribution in [3.8, 4) is 22.5 Å². The Labute approximate surface area is 141 Å². The van der Waals surface area contributed by atoms with Crippen LogP contribution in [0.3, 0.4) is 0 Å². The van der Waals surface area contributed by atoms with E-state index in [-0.39, 0.29) is 12.3 Å². The van der Waals surface area contributed by atoms with E-state index in [0.717, 1.165) is 11.1 Å². The molecule has 23 heavy (non-hydrogen) atoms. The molecule has 0 atom stereocenters. The second kappa shape index (κ2) is 6.75. The van der Waals surface area contributed by atoms with Crippen LogP contribution < -0.4 is 0 Å². The van der Waals surface area contributed by atoms with E-state index in [4.69, 9.17) is 9.26 Å². The Bertz CT molecular complexity index is 831. The summed E-state index contributed by atoms with van der Waals surface area (Å²) in [6.07, 6.45) is 1.65. The van der Waals surface area contributed by atoms with E-state index in [1.165, 1.54) is 0 Å². The summed E-state index contributed by atoms with van der Waals surface area (Å²) in [6, 6.07) is 13.1. The van der Waals surface area contributed by atoms with Gasteiger partial charge in [0.25, 0.3) is 0 Å². The summed E-state index contributed by atoms with van der Waals surface area (Å²) in [4.78, 5) is 16.3. The van der Waals surface area contributed by atoms with Crippen molar-refractivity contribution in [1.29, 1.82) is 0 Å². The lowest BCUT2D eigenvalue weighted by molar-refractivity contribution is 0.0515. The number of benzene rings is 1. The second-order valence-electron chi connectivity index (χ2n) is 4.69. The lowest BCUT2D eigenvalue weighted by Gasteiger charge is -2.05. The summed E-state index contributed by atoms with van der Waals surface area (Å²) >= 11 is 3.34. The molecule has 0 fully saturated rings. The summed E-state index contributed by atoms with van der Waals surface area (Å²) in [5.41, 5.74) is 2.36. The quantitative estimate of drug-likeness (QED) is 0.503. The van der Waals surface area contributed by atoms with E-state index in [0.29, 0.717) is 15.9 Å². The number of hydrogen-bond donors (Lipinski definition) is 0. The summed E-state index contributed by atoms with van der Waals surface area (Å²) in [6.45, 7) is 2.02. The molecule has 0 aliphatic rings. The van der Waals surface area contributed by atoms with Gasteiger partial charge in [-0.05, 0) is 40.5 Å². The molecule has 2 heterocycles. The number of halogens is 1. The molecule has 3 aromatic rings. The maximum atomic E-state index is 12.2. The van der Waals surface area contributed by atoms with E-state index < -0.39 is 5.97 Å². The third-order valence-electron chi connectivity index (χ3n) is 3.21. The number of hydrogen-bond acceptors (Lipinski definition) is 5. The largest absolute Gasteiger partial charge is 0.461 e. The van der Waals surface area contributed by atoms with Crippen LogP contribution in [0.2, 0.25) is 0 Å². The molecule has 0 aliphatic heterocycles. The first-order valence-corrected chi connectivity index (χ1v) is 7.84. The Morgan fingerprint density at radius 1 is 1.22 bits per heavy atom. The molecule has 0 spiro atoms. The molecule has 6 heteroatoms. The molecule has 0 unspecified atom stereocenters. The number of rotatable bonds is 4. The van der Waals surface area contributed by atoms with Crippen LogP contribution in [0.15, 0.2) is 57.8 Å². The van der Waals surface area contributed by atoms with Crippen molar-refractivity contribution in [3.05, 3.63) is 59.0 Å². The molecule has 5 nitrogen and oxygen atoms in total. The molecule has 0 saturated heterocycles. The van der Waals surface area contributed by atoms with Gasteiger partial charge in [0.15, 0.2) is 11.5 Å². The van der Waals surface area contributed by atoms with Crippen LogP contribution in [0.25, 0.3) is 22.5 Å². The van der Waals surface area contributed by atoms with Gasteiger partial charge in [0, 0.05) is 11.8 Å².